The number of pyridine rings is 1. The summed E-state index contributed by atoms with van der Waals surface area (Å²) in [5, 5.41) is 9.18. The maximum Gasteiger partial charge on any atom is 0.341 e. The first kappa shape index (κ1) is 12.4. The van der Waals surface area contributed by atoms with E-state index in [4.69, 9.17) is 21.4 Å². The topological polar surface area (TPSA) is 59.4 Å². The molecule has 1 N–H and O–H groups in total. The normalized spacial score (nSPS) is 10.1. The van der Waals surface area contributed by atoms with Gasteiger partial charge in [-0.3, -0.25) is 4.98 Å². The third kappa shape index (κ3) is 2.99. The molecule has 92 valence electrons. The van der Waals surface area contributed by atoms with Crippen molar-refractivity contribution in [1.29, 1.82) is 0 Å². The van der Waals surface area contributed by atoms with Gasteiger partial charge in [0.15, 0.2) is 6.61 Å². The van der Waals surface area contributed by atoms with Gasteiger partial charge in [-0.1, -0.05) is 17.7 Å². The first-order chi connectivity index (χ1) is 8.66. The molecule has 0 aliphatic rings. The average molecular weight is 264 g/mol. The van der Waals surface area contributed by atoms with Crippen molar-refractivity contribution >= 4 is 17.6 Å². The summed E-state index contributed by atoms with van der Waals surface area (Å²) in [4.78, 5) is 14.5. The number of benzene rings is 1. The van der Waals surface area contributed by atoms with Crippen molar-refractivity contribution in [3.8, 4) is 16.9 Å². The van der Waals surface area contributed by atoms with Crippen molar-refractivity contribution in [2.75, 3.05) is 6.61 Å². The Labute approximate surface area is 109 Å². The minimum Gasteiger partial charge on any atom is -0.481 e. The Balaban J connectivity index is 2.38. The van der Waals surface area contributed by atoms with Gasteiger partial charge in [-0.25, -0.2) is 4.79 Å². The summed E-state index contributed by atoms with van der Waals surface area (Å²) >= 11 is 5.94. The Morgan fingerprint density at radius 3 is 2.89 bits per heavy atom. The van der Waals surface area contributed by atoms with Crippen LogP contribution in [0.25, 0.3) is 11.1 Å². The van der Waals surface area contributed by atoms with Crippen LogP contribution in [0.15, 0.2) is 42.7 Å². The SMILES string of the molecule is O=C(O)COc1ccc(Cl)cc1-c1cccnc1. The van der Waals surface area contributed by atoms with Crippen LogP contribution in [0.2, 0.25) is 5.02 Å². The molecule has 1 aromatic heterocycles. The molecule has 0 radical (unpaired) electrons. The molecule has 1 aromatic carbocycles. The van der Waals surface area contributed by atoms with Gasteiger partial charge in [0.2, 0.25) is 0 Å². The third-order valence-corrected chi connectivity index (χ3v) is 2.50. The van der Waals surface area contributed by atoms with E-state index in [0.29, 0.717) is 10.8 Å². The highest BCUT2D eigenvalue weighted by Gasteiger charge is 2.09. The summed E-state index contributed by atoms with van der Waals surface area (Å²) in [5.41, 5.74) is 1.54. The van der Waals surface area contributed by atoms with Crippen LogP contribution in [-0.2, 0) is 4.79 Å². The van der Waals surface area contributed by atoms with Crippen LogP contribution >= 0.6 is 11.6 Å². The molecule has 0 saturated carbocycles. The van der Waals surface area contributed by atoms with Gasteiger partial charge in [0, 0.05) is 28.5 Å². The summed E-state index contributed by atoms with van der Waals surface area (Å²) in [6.45, 7) is -0.394. The molecule has 4 nitrogen and oxygen atoms in total. The molecule has 0 spiro atoms. The fourth-order valence-corrected chi connectivity index (χ4v) is 1.69. The molecule has 0 saturated heterocycles. The molecule has 0 fully saturated rings. The number of halogens is 1. The molecule has 0 aliphatic heterocycles. The van der Waals surface area contributed by atoms with Gasteiger partial charge in [0.25, 0.3) is 0 Å². The molecule has 18 heavy (non-hydrogen) atoms. The zero-order chi connectivity index (χ0) is 13.0. The quantitative estimate of drug-likeness (QED) is 0.921. The lowest BCUT2D eigenvalue weighted by Crippen LogP contribution is -2.09. The summed E-state index contributed by atoms with van der Waals surface area (Å²) < 4.78 is 5.22. The molecule has 1 heterocycles. The number of hydrogen-bond acceptors (Lipinski definition) is 3. The largest absolute Gasteiger partial charge is 0.481 e. The summed E-state index contributed by atoms with van der Waals surface area (Å²) in [5.74, 6) is -0.558. The Hall–Kier alpha value is -2.07. The fraction of sp³-hybridized carbons (Fsp3) is 0.0769. The summed E-state index contributed by atoms with van der Waals surface area (Å²) in [6.07, 6.45) is 3.32. The first-order valence-corrected chi connectivity index (χ1v) is 5.59. The van der Waals surface area contributed by atoms with Gasteiger partial charge in [-0.2, -0.15) is 0 Å². The summed E-state index contributed by atoms with van der Waals surface area (Å²) in [6, 6.07) is 8.66. The second kappa shape index (κ2) is 5.51. The van der Waals surface area contributed by atoms with Crippen molar-refractivity contribution in [3.63, 3.8) is 0 Å². The molecule has 0 aliphatic carbocycles. The van der Waals surface area contributed by atoms with Crippen LogP contribution in [0, 0.1) is 0 Å². The lowest BCUT2D eigenvalue weighted by atomic mass is 10.1. The molecule has 0 amide bonds. The van der Waals surface area contributed by atoms with E-state index in [1.165, 1.54) is 0 Å². The highest BCUT2D eigenvalue weighted by atomic mass is 35.5. The molecular weight excluding hydrogens is 254 g/mol. The van der Waals surface area contributed by atoms with Crippen molar-refractivity contribution in [2.24, 2.45) is 0 Å². The van der Waals surface area contributed by atoms with E-state index in [9.17, 15) is 4.79 Å². The predicted molar refractivity (Wildman–Crippen MR) is 67.8 cm³/mol. The van der Waals surface area contributed by atoms with Gasteiger partial charge >= 0.3 is 5.97 Å². The number of carboxylic acids is 1. The van der Waals surface area contributed by atoms with Crippen LogP contribution in [0.3, 0.4) is 0 Å². The van der Waals surface area contributed by atoms with E-state index in [0.717, 1.165) is 11.1 Å². The molecule has 5 heteroatoms. The standard InChI is InChI=1S/C13H10ClNO3/c14-10-3-4-12(18-8-13(16)17)11(6-10)9-2-1-5-15-7-9/h1-7H,8H2,(H,16,17). The van der Waals surface area contributed by atoms with Crippen LogP contribution in [0.5, 0.6) is 5.75 Å². The molecule has 2 aromatic rings. The first-order valence-electron chi connectivity index (χ1n) is 5.21. The van der Waals surface area contributed by atoms with Crippen molar-refractivity contribution < 1.29 is 14.6 Å². The van der Waals surface area contributed by atoms with Crippen molar-refractivity contribution in [2.45, 2.75) is 0 Å². The van der Waals surface area contributed by atoms with Crippen molar-refractivity contribution in [1.82, 2.24) is 4.98 Å². The number of carbonyl (C=O) groups is 1. The number of rotatable bonds is 4. The molecule has 0 unspecified atom stereocenters. The van der Waals surface area contributed by atoms with Gasteiger partial charge in [0.1, 0.15) is 5.75 Å². The highest BCUT2D eigenvalue weighted by molar-refractivity contribution is 6.31. The summed E-state index contributed by atoms with van der Waals surface area (Å²) in [7, 11) is 0. The van der Waals surface area contributed by atoms with E-state index in [2.05, 4.69) is 4.98 Å². The highest BCUT2D eigenvalue weighted by Crippen LogP contribution is 2.32. The number of aliphatic carboxylic acids is 1. The maximum absolute atomic E-state index is 10.5. The third-order valence-electron chi connectivity index (χ3n) is 2.27. The number of aromatic nitrogens is 1. The smallest absolute Gasteiger partial charge is 0.341 e. The van der Waals surface area contributed by atoms with Gasteiger partial charge in [-0.05, 0) is 24.3 Å². The lowest BCUT2D eigenvalue weighted by molar-refractivity contribution is -0.139. The lowest BCUT2D eigenvalue weighted by Gasteiger charge is -2.10. The van der Waals surface area contributed by atoms with Crippen LogP contribution in [0.1, 0.15) is 0 Å². The second-order valence-electron chi connectivity index (χ2n) is 3.56. The molecule has 0 atom stereocenters. The maximum atomic E-state index is 10.5. The van der Waals surface area contributed by atoms with Gasteiger partial charge < -0.3 is 9.84 Å². The Kier molecular flexibility index (Phi) is 3.79. The van der Waals surface area contributed by atoms with Gasteiger partial charge in [0.05, 0.1) is 0 Å². The average Bonchev–Trinajstić information content (AvgIpc) is 2.38. The number of hydrogen-bond donors (Lipinski definition) is 1. The Morgan fingerprint density at radius 1 is 1.39 bits per heavy atom. The zero-order valence-corrected chi connectivity index (χ0v) is 10.1. The second-order valence-corrected chi connectivity index (χ2v) is 4.00. The Bertz CT molecular complexity index is 557. The van der Waals surface area contributed by atoms with E-state index < -0.39 is 12.6 Å². The zero-order valence-electron chi connectivity index (χ0n) is 9.34. The van der Waals surface area contributed by atoms with E-state index >= 15 is 0 Å². The van der Waals surface area contributed by atoms with Gasteiger partial charge in [-0.15, -0.1) is 0 Å². The fourth-order valence-electron chi connectivity index (χ4n) is 1.52. The predicted octanol–water partition coefficient (Wildman–Crippen LogP) is 2.87. The molecule has 2 rings (SSSR count). The van der Waals surface area contributed by atoms with Crippen LogP contribution in [-0.4, -0.2) is 22.7 Å². The monoisotopic (exact) mass is 263 g/mol. The minimum atomic E-state index is -1.03. The number of carboxylic acid groups (broad SMARTS) is 1. The van der Waals surface area contributed by atoms with Crippen molar-refractivity contribution in [3.05, 3.63) is 47.7 Å². The van der Waals surface area contributed by atoms with E-state index in [1.54, 1.807) is 36.7 Å². The van der Waals surface area contributed by atoms with Crippen LogP contribution < -0.4 is 4.74 Å². The molecule has 0 bridgehead atoms. The number of nitrogens with zero attached hydrogens (tertiary/aromatic N) is 1. The van der Waals surface area contributed by atoms with Crippen LogP contribution in [0.4, 0.5) is 0 Å². The number of ether oxygens (including phenoxy) is 1. The van der Waals surface area contributed by atoms with E-state index in [1.807, 2.05) is 6.07 Å². The Morgan fingerprint density at radius 2 is 2.22 bits per heavy atom. The van der Waals surface area contributed by atoms with E-state index in [-0.39, 0.29) is 0 Å². The minimum absolute atomic E-state index is 0.394. The molecular formula is C13H10ClNO3.